The molecule has 1 unspecified atom stereocenters. The van der Waals surface area contributed by atoms with Crippen molar-refractivity contribution in [1.29, 1.82) is 0 Å². The number of aromatic nitrogens is 1. The highest BCUT2D eigenvalue weighted by atomic mass is 32.1. The largest absolute Gasteiger partial charge is 0.336 e. The van der Waals surface area contributed by atoms with Gasteiger partial charge in [0.25, 0.3) is 5.91 Å². The molecule has 6 heteroatoms. The molecule has 0 spiro atoms. The zero-order chi connectivity index (χ0) is 19.0. The van der Waals surface area contributed by atoms with Gasteiger partial charge in [-0.05, 0) is 43.7 Å². The summed E-state index contributed by atoms with van der Waals surface area (Å²) in [5, 5.41) is 1.11. The predicted molar refractivity (Wildman–Crippen MR) is 107 cm³/mol. The fraction of sp³-hybridized carbons (Fsp3) is 0.333. The Kier molecular flexibility index (Phi) is 4.93. The second kappa shape index (κ2) is 7.37. The number of hydrogen-bond acceptors (Lipinski definition) is 4. The molecular formula is C21H22FN3OS. The number of benzene rings is 2. The Hall–Kier alpha value is -2.31. The van der Waals surface area contributed by atoms with Crippen molar-refractivity contribution in [3.63, 3.8) is 0 Å². The normalized spacial score (nSPS) is 16.6. The van der Waals surface area contributed by atoms with E-state index in [1.165, 1.54) is 10.8 Å². The van der Waals surface area contributed by atoms with E-state index in [2.05, 4.69) is 17.9 Å². The molecule has 1 aliphatic heterocycles. The SMILES string of the molecule is Cc1ccc(C(=O)N2CCN(C(C)c3nc4ccccc4s3)CC2)cc1F. The van der Waals surface area contributed by atoms with Gasteiger partial charge in [-0.25, -0.2) is 9.37 Å². The van der Waals surface area contributed by atoms with E-state index in [1.807, 2.05) is 23.1 Å². The molecule has 1 aliphatic rings. The van der Waals surface area contributed by atoms with E-state index in [-0.39, 0.29) is 17.8 Å². The number of thiazole rings is 1. The van der Waals surface area contributed by atoms with E-state index in [0.717, 1.165) is 23.6 Å². The van der Waals surface area contributed by atoms with Crippen LogP contribution in [0.2, 0.25) is 0 Å². The first-order valence-electron chi connectivity index (χ1n) is 9.18. The van der Waals surface area contributed by atoms with Gasteiger partial charge in [-0.1, -0.05) is 18.2 Å². The minimum atomic E-state index is -0.330. The van der Waals surface area contributed by atoms with Gasteiger partial charge in [-0.15, -0.1) is 11.3 Å². The molecule has 1 amide bonds. The molecule has 2 aromatic carbocycles. The Labute approximate surface area is 162 Å². The van der Waals surface area contributed by atoms with Crippen LogP contribution in [0.1, 0.15) is 33.9 Å². The molecule has 0 aliphatic carbocycles. The molecule has 27 heavy (non-hydrogen) atoms. The monoisotopic (exact) mass is 383 g/mol. The van der Waals surface area contributed by atoms with Crippen LogP contribution in [0, 0.1) is 12.7 Å². The van der Waals surface area contributed by atoms with Gasteiger partial charge in [0.1, 0.15) is 10.8 Å². The van der Waals surface area contributed by atoms with E-state index in [0.29, 0.717) is 24.2 Å². The third kappa shape index (κ3) is 3.59. The summed E-state index contributed by atoms with van der Waals surface area (Å²) in [6.45, 7) is 6.73. The van der Waals surface area contributed by atoms with Crippen LogP contribution in [-0.2, 0) is 0 Å². The van der Waals surface area contributed by atoms with Crippen molar-refractivity contribution < 1.29 is 9.18 Å². The Balaban J connectivity index is 1.42. The first-order chi connectivity index (χ1) is 13.0. The smallest absolute Gasteiger partial charge is 0.254 e. The van der Waals surface area contributed by atoms with Crippen molar-refractivity contribution >= 4 is 27.5 Å². The first-order valence-corrected chi connectivity index (χ1v) is 9.99. The molecule has 140 valence electrons. The van der Waals surface area contributed by atoms with Gasteiger partial charge in [0.05, 0.1) is 16.3 Å². The summed E-state index contributed by atoms with van der Waals surface area (Å²) in [6.07, 6.45) is 0. The van der Waals surface area contributed by atoms with Gasteiger partial charge < -0.3 is 4.90 Å². The summed E-state index contributed by atoms with van der Waals surface area (Å²) < 4.78 is 15.0. The highest BCUT2D eigenvalue weighted by Gasteiger charge is 2.27. The molecule has 4 nitrogen and oxygen atoms in total. The van der Waals surface area contributed by atoms with E-state index in [9.17, 15) is 9.18 Å². The number of carbonyl (C=O) groups excluding carboxylic acids is 1. The van der Waals surface area contributed by atoms with Gasteiger partial charge in [-0.2, -0.15) is 0 Å². The van der Waals surface area contributed by atoms with Crippen molar-refractivity contribution in [2.45, 2.75) is 19.9 Å². The summed E-state index contributed by atoms with van der Waals surface area (Å²) in [5.41, 5.74) is 2.02. The quantitative estimate of drug-likeness (QED) is 0.678. The number of piperazine rings is 1. The maximum Gasteiger partial charge on any atom is 0.254 e. The van der Waals surface area contributed by atoms with Crippen molar-refractivity contribution in [3.05, 3.63) is 64.4 Å². The van der Waals surface area contributed by atoms with Gasteiger partial charge in [0, 0.05) is 31.7 Å². The number of carbonyl (C=O) groups is 1. The van der Waals surface area contributed by atoms with Crippen molar-refractivity contribution in [2.24, 2.45) is 0 Å². The van der Waals surface area contributed by atoms with Crippen molar-refractivity contribution in [2.75, 3.05) is 26.2 Å². The molecule has 1 atom stereocenters. The summed E-state index contributed by atoms with van der Waals surface area (Å²) in [5.74, 6) is -0.426. The number of rotatable bonds is 3. The fourth-order valence-electron chi connectivity index (χ4n) is 3.45. The fourth-order valence-corrected chi connectivity index (χ4v) is 4.50. The lowest BCUT2D eigenvalue weighted by Gasteiger charge is -2.37. The molecule has 2 heterocycles. The zero-order valence-electron chi connectivity index (χ0n) is 15.5. The van der Waals surface area contributed by atoms with Crippen LogP contribution >= 0.6 is 11.3 Å². The predicted octanol–water partition coefficient (Wildman–Crippen LogP) is 4.26. The number of hydrogen-bond donors (Lipinski definition) is 0. The second-order valence-corrected chi connectivity index (χ2v) is 8.05. The third-order valence-electron chi connectivity index (χ3n) is 5.24. The van der Waals surface area contributed by atoms with Crippen molar-refractivity contribution in [1.82, 2.24) is 14.8 Å². The van der Waals surface area contributed by atoms with Gasteiger partial charge >= 0.3 is 0 Å². The lowest BCUT2D eigenvalue weighted by atomic mass is 10.1. The second-order valence-electron chi connectivity index (χ2n) is 6.99. The summed E-state index contributed by atoms with van der Waals surface area (Å²) >= 11 is 1.73. The number of halogens is 1. The van der Waals surface area contributed by atoms with Crippen LogP contribution in [0.5, 0.6) is 0 Å². The molecular weight excluding hydrogens is 361 g/mol. The van der Waals surface area contributed by atoms with Crippen LogP contribution in [-0.4, -0.2) is 46.9 Å². The molecule has 3 aromatic rings. The van der Waals surface area contributed by atoms with Gasteiger partial charge in [-0.3, -0.25) is 9.69 Å². The van der Waals surface area contributed by atoms with E-state index >= 15 is 0 Å². The highest BCUT2D eigenvalue weighted by molar-refractivity contribution is 7.18. The Morgan fingerprint density at radius 2 is 1.89 bits per heavy atom. The zero-order valence-corrected chi connectivity index (χ0v) is 16.3. The molecule has 1 fully saturated rings. The maximum absolute atomic E-state index is 13.8. The van der Waals surface area contributed by atoms with Gasteiger partial charge in [0.15, 0.2) is 0 Å². The molecule has 1 aromatic heterocycles. The van der Waals surface area contributed by atoms with Gasteiger partial charge in [0.2, 0.25) is 0 Å². The van der Waals surface area contributed by atoms with Crippen LogP contribution in [0.25, 0.3) is 10.2 Å². The standard InChI is InChI=1S/C21H22FN3OS/c1-14-7-8-16(13-17(14)22)21(26)25-11-9-24(10-12-25)15(2)20-23-18-5-3-4-6-19(18)27-20/h3-8,13,15H,9-12H2,1-2H3. The van der Waals surface area contributed by atoms with Crippen molar-refractivity contribution in [3.8, 4) is 0 Å². The third-order valence-corrected chi connectivity index (χ3v) is 6.44. The minimum Gasteiger partial charge on any atom is -0.336 e. The Morgan fingerprint density at radius 1 is 1.15 bits per heavy atom. The molecule has 0 radical (unpaired) electrons. The highest BCUT2D eigenvalue weighted by Crippen LogP contribution is 2.30. The number of nitrogens with zero attached hydrogens (tertiary/aromatic N) is 3. The van der Waals surface area contributed by atoms with Crippen LogP contribution < -0.4 is 0 Å². The van der Waals surface area contributed by atoms with Crippen LogP contribution in [0.15, 0.2) is 42.5 Å². The Morgan fingerprint density at radius 3 is 2.59 bits per heavy atom. The summed E-state index contributed by atoms with van der Waals surface area (Å²) in [4.78, 5) is 21.6. The molecule has 4 rings (SSSR count). The minimum absolute atomic E-state index is 0.0961. The van der Waals surface area contributed by atoms with E-state index in [1.54, 1.807) is 30.4 Å². The molecule has 0 saturated carbocycles. The van der Waals surface area contributed by atoms with E-state index in [4.69, 9.17) is 4.98 Å². The number of aryl methyl sites for hydroxylation is 1. The summed E-state index contributed by atoms with van der Waals surface area (Å²) in [6, 6.07) is 13.1. The summed E-state index contributed by atoms with van der Waals surface area (Å²) in [7, 11) is 0. The molecule has 1 saturated heterocycles. The lowest BCUT2D eigenvalue weighted by Crippen LogP contribution is -2.49. The topological polar surface area (TPSA) is 36.4 Å². The number of amides is 1. The van der Waals surface area contributed by atoms with E-state index < -0.39 is 0 Å². The average Bonchev–Trinajstić information content (AvgIpc) is 3.13. The van der Waals surface area contributed by atoms with Crippen LogP contribution in [0.4, 0.5) is 4.39 Å². The molecule has 0 bridgehead atoms. The first kappa shape index (κ1) is 18.1. The lowest BCUT2D eigenvalue weighted by molar-refractivity contribution is 0.0581. The molecule has 0 N–H and O–H groups in total. The average molecular weight is 383 g/mol. The maximum atomic E-state index is 13.8. The Bertz CT molecular complexity index is 945. The van der Waals surface area contributed by atoms with Crippen LogP contribution in [0.3, 0.4) is 0 Å². The number of para-hydroxylation sites is 1. The number of fused-ring (bicyclic) bond motifs is 1.